The van der Waals surface area contributed by atoms with Crippen LogP contribution in [0.2, 0.25) is 0 Å². The molecule has 108 valence electrons. The van der Waals surface area contributed by atoms with E-state index >= 15 is 0 Å². The maximum atomic E-state index is 8.82. The summed E-state index contributed by atoms with van der Waals surface area (Å²) in [5.74, 6) is 0. The van der Waals surface area contributed by atoms with Gasteiger partial charge in [-0.05, 0) is 44.2 Å². The van der Waals surface area contributed by atoms with E-state index in [0.29, 0.717) is 11.7 Å². The van der Waals surface area contributed by atoms with Crippen LogP contribution in [0.5, 0.6) is 0 Å². The number of rotatable bonds is 4. The van der Waals surface area contributed by atoms with Crippen molar-refractivity contribution in [1.82, 2.24) is 4.98 Å². The van der Waals surface area contributed by atoms with Crippen LogP contribution in [-0.4, -0.2) is 17.7 Å². The van der Waals surface area contributed by atoms with E-state index in [1.54, 1.807) is 11.3 Å². The number of hydrogen-bond acceptors (Lipinski definition) is 4. The van der Waals surface area contributed by atoms with E-state index in [2.05, 4.69) is 11.4 Å². The fraction of sp³-hybridized carbons (Fsp3) is 0.412. The topological polar surface area (TPSA) is 45.9 Å². The van der Waals surface area contributed by atoms with E-state index in [-0.39, 0.29) is 0 Å². The van der Waals surface area contributed by atoms with Crippen LogP contribution >= 0.6 is 11.3 Å². The van der Waals surface area contributed by atoms with Crippen LogP contribution in [0.4, 0.5) is 0 Å². The van der Waals surface area contributed by atoms with E-state index in [9.17, 15) is 0 Å². The lowest BCUT2D eigenvalue weighted by molar-refractivity contribution is 0.0114. The Bertz CT molecular complexity index is 621. The van der Waals surface area contributed by atoms with Crippen molar-refractivity contribution < 1.29 is 4.74 Å². The van der Waals surface area contributed by atoms with Gasteiger partial charge in [-0.2, -0.15) is 5.26 Å². The molecule has 1 aliphatic heterocycles. The zero-order valence-corrected chi connectivity index (χ0v) is 12.7. The van der Waals surface area contributed by atoms with Crippen LogP contribution in [0.3, 0.4) is 0 Å². The molecule has 1 aliphatic rings. The van der Waals surface area contributed by atoms with Crippen molar-refractivity contribution in [1.29, 1.82) is 5.26 Å². The molecule has 0 bridgehead atoms. The van der Waals surface area contributed by atoms with E-state index in [0.717, 1.165) is 35.7 Å². The molecule has 1 saturated heterocycles. The molecule has 0 saturated carbocycles. The summed E-state index contributed by atoms with van der Waals surface area (Å²) in [6.07, 6.45) is 6.15. The Morgan fingerprint density at radius 3 is 2.86 bits per heavy atom. The van der Waals surface area contributed by atoms with E-state index in [4.69, 9.17) is 15.0 Å². The molecular formula is C17H18N2OS. The Kier molecular flexibility index (Phi) is 4.64. The van der Waals surface area contributed by atoms with Crippen molar-refractivity contribution in [2.24, 2.45) is 0 Å². The molecule has 1 atom stereocenters. The van der Waals surface area contributed by atoms with Crippen LogP contribution < -0.4 is 0 Å². The maximum absolute atomic E-state index is 8.82. The minimum atomic E-state index is 0.416. The summed E-state index contributed by atoms with van der Waals surface area (Å²) in [5, 5.41) is 12.0. The first-order valence-electron chi connectivity index (χ1n) is 7.42. The predicted molar refractivity (Wildman–Crippen MR) is 84.2 cm³/mol. The molecule has 21 heavy (non-hydrogen) atoms. The molecule has 2 aromatic rings. The Labute approximate surface area is 129 Å². The molecular weight excluding hydrogens is 280 g/mol. The van der Waals surface area contributed by atoms with Gasteiger partial charge < -0.3 is 4.74 Å². The number of nitrogens with zero attached hydrogens (tertiary/aromatic N) is 2. The Hall–Kier alpha value is -1.70. The number of nitriles is 1. The summed E-state index contributed by atoms with van der Waals surface area (Å²) in [6.45, 7) is 0.915. The Morgan fingerprint density at radius 2 is 2.14 bits per heavy atom. The first-order chi connectivity index (χ1) is 10.3. The van der Waals surface area contributed by atoms with E-state index < -0.39 is 0 Å². The predicted octanol–water partition coefficient (Wildman–Crippen LogP) is 4.18. The first-order valence-corrected chi connectivity index (χ1v) is 8.29. The number of hydrogen-bond donors (Lipinski definition) is 0. The molecule has 1 aromatic heterocycles. The number of benzene rings is 1. The molecule has 1 unspecified atom stereocenters. The third kappa shape index (κ3) is 3.69. The van der Waals surface area contributed by atoms with Gasteiger partial charge in [-0.1, -0.05) is 12.1 Å². The fourth-order valence-electron chi connectivity index (χ4n) is 2.59. The highest BCUT2D eigenvalue weighted by atomic mass is 32.1. The van der Waals surface area contributed by atoms with Crippen LogP contribution in [-0.2, 0) is 11.2 Å². The van der Waals surface area contributed by atoms with Crippen molar-refractivity contribution in [3.8, 4) is 16.6 Å². The summed E-state index contributed by atoms with van der Waals surface area (Å²) < 4.78 is 5.76. The van der Waals surface area contributed by atoms with Gasteiger partial charge in [-0.3, -0.25) is 0 Å². The Balaban J connectivity index is 1.61. The zero-order chi connectivity index (χ0) is 14.5. The average Bonchev–Trinajstić information content (AvgIpc) is 3.03. The summed E-state index contributed by atoms with van der Waals surface area (Å²) in [4.78, 5) is 4.70. The molecule has 0 spiro atoms. The second-order valence-corrected chi connectivity index (χ2v) is 6.22. The molecule has 0 aliphatic carbocycles. The molecule has 1 aromatic carbocycles. The second-order valence-electron chi connectivity index (χ2n) is 5.36. The van der Waals surface area contributed by atoms with Crippen molar-refractivity contribution in [2.75, 3.05) is 6.61 Å². The number of aromatic nitrogens is 1. The SMILES string of the molecule is N#Cc1ccc(-c2nc(CCC3CCCCO3)cs2)cc1. The normalized spacial score (nSPS) is 18.3. The molecule has 1 fully saturated rings. The van der Waals surface area contributed by atoms with Crippen molar-refractivity contribution in [2.45, 2.75) is 38.2 Å². The summed E-state index contributed by atoms with van der Waals surface area (Å²) >= 11 is 1.67. The first kappa shape index (κ1) is 14.2. The summed E-state index contributed by atoms with van der Waals surface area (Å²) in [5.41, 5.74) is 2.91. The van der Waals surface area contributed by atoms with E-state index in [1.807, 2.05) is 24.3 Å². The smallest absolute Gasteiger partial charge is 0.123 e. The van der Waals surface area contributed by atoms with Gasteiger partial charge in [0.25, 0.3) is 0 Å². The minimum absolute atomic E-state index is 0.416. The lowest BCUT2D eigenvalue weighted by atomic mass is 10.0. The van der Waals surface area contributed by atoms with Crippen LogP contribution in [0.25, 0.3) is 10.6 Å². The monoisotopic (exact) mass is 298 g/mol. The largest absolute Gasteiger partial charge is 0.378 e. The molecule has 0 N–H and O–H groups in total. The van der Waals surface area contributed by atoms with Crippen molar-refractivity contribution >= 4 is 11.3 Å². The van der Waals surface area contributed by atoms with Crippen LogP contribution in [0, 0.1) is 11.3 Å². The number of aryl methyl sites for hydroxylation is 1. The highest BCUT2D eigenvalue weighted by Crippen LogP contribution is 2.25. The van der Waals surface area contributed by atoms with Gasteiger partial charge >= 0.3 is 0 Å². The quantitative estimate of drug-likeness (QED) is 0.850. The third-order valence-corrected chi connectivity index (χ3v) is 4.75. The van der Waals surface area contributed by atoms with Gasteiger partial charge in [-0.15, -0.1) is 11.3 Å². The molecule has 0 radical (unpaired) electrons. The number of ether oxygens (including phenoxy) is 1. The van der Waals surface area contributed by atoms with E-state index in [1.165, 1.54) is 19.3 Å². The van der Waals surface area contributed by atoms with Gasteiger partial charge in [0.2, 0.25) is 0 Å². The highest BCUT2D eigenvalue weighted by Gasteiger charge is 2.14. The fourth-order valence-corrected chi connectivity index (χ4v) is 3.45. The highest BCUT2D eigenvalue weighted by molar-refractivity contribution is 7.13. The van der Waals surface area contributed by atoms with Gasteiger partial charge in [-0.25, -0.2) is 4.98 Å². The third-order valence-electron chi connectivity index (χ3n) is 3.81. The van der Waals surface area contributed by atoms with Crippen LogP contribution in [0.1, 0.15) is 36.9 Å². The minimum Gasteiger partial charge on any atom is -0.378 e. The maximum Gasteiger partial charge on any atom is 0.123 e. The van der Waals surface area contributed by atoms with Crippen molar-refractivity contribution in [3.05, 3.63) is 40.9 Å². The van der Waals surface area contributed by atoms with Gasteiger partial charge in [0.1, 0.15) is 5.01 Å². The number of thiazole rings is 1. The average molecular weight is 298 g/mol. The lowest BCUT2D eigenvalue weighted by Gasteiger charge is -2.21. The van der Waals surface area contributed by atoms with Crippen molar-refractivity contribution in [3.63, 3.8) is 0 Å². The standard InChI is InChI=1S/C17H18N2OS/c18-11-13-4-6-14(7-5-13)17-19-15(12-21-17)8-9-16-3-1-2-10-20-16/h4-7,12,16H,1-3,8-10H2. The van der Waals surface area contributed by atoms with Gasteiger partial charge in [0.15, 0.2) is 0 Å². The molecule has 3 nitrogen and oxygen atoms in total. The second kappa shape index (κ2) is 6.84. The van der Waals surface area contributed by atoms with Gasteiger partial charge in [0.05, 0.1) is 23.4 Å². The molecule has 3 rings (SSSR count). The molecule has 0 amide bonds. The lowest BCUT2D eigenvalue weighted by Crippen LogP contribution is -2.19. The molecule has 2 heterocycles. The van der Waals surface area contributed by atoms with Gasteiger partial charge in [0, 0.05) is 17.6 Å². The Morgan fingerprint density at radius 1 is 1.29 bits per heavy atom. The summed E-state index contributed by atoms with van der Waals surface area (Å²) in [6, 6.07) is 9.74. The summed E-state index contributed by atoms with van der Waals surface area (Å²) in [7, 11) is 0. The van der Waals surface area contributed by atoms with Crippen LogP contribution in [0.15, 0.2) is 29.6 Å². The zero-order valence-electron chi connectivity index (χ0n) is 11.9. The molecule has 4 heteroatoms.